The summed E-state index contributed by atoms with van der Waals surface area (Å²) < 4.78 is 26.6. The van der Waals surface area contributed by atoms with Gasteiger partial charge in [0.05, 0.1) is 0 Å². The average Bonchev–Trinajstić information content (AvgIpc) is 2.84. The minimum Gasteiger partial charge on any atom is -0.398 e. The molecule has 0 aromatic carbocycles. The van der Waals surface area contributed by atoms with Crippen LogP contribution in [-0.4, -0.2) is 24.3 Å². The summed E-state index contributed by atoms with van der Waals surface area (Å²) in [4.78, 5) is 3.92. The number of anilines is 1. The van der Waals surface area contributed by atoms with E-state index in [-0.39, 0.29) is 4.21 Å². The molecule has 0 atom stereocenters. The number of thiophene rings is 1. The van der Waals surface area contributed by atoms with Gasteiger partial charge in [-0.3, -0.25) is 4.98 Å². The van der Waals surface area contributed by atoms with E-state index in [0.29, 0.717) is 18.8 Å². The molecule has 2 heterocycles. The molecule has 19 heavy (non-hydrogen) atoms. The molecule has 102 valence electrons. The van der Waals surface area contributed by atoms with Crippen LogP contribution in [0.2, 0.25) is 0 Å². The van der Waals surface area contributed by atoms with Gasteiger partial charge in [-0.05, 0) is 23.8 Å². The Kier molecular flexibility index (Phi) is 4.18. The molecule has 0 aliphatic rings. The lowest BCUT2D eigenvalue weighted by Gasteiger charge is -2.19. The van der Waals surface area contributed by atoms with Crippen molar-refractivity contribution in [3.8, 4) is 0 Å². The van der Waals surface area contributed by atoms with Gasteiger partial charge < -0.3 is 5.73 Å². The van der Waals surface area contributed by atoms with Crippen LogP contribution in [0.25, 0.3) is 0 Å². The van der Waals surface area contributed by atoms with Gasteiger partial charge in [-0.1, -0.05) is 6.92 Å². The van der Waals surface area contributed by atoms with Crippen molar-refractivity contribution in [2.24, 2.45) is 0 Å². The number of hydrogen-bond acceptors (Lipinski definition) is 5. The topological polar surface area (TPSA) is 76.3 Å². The fourth-order valence-electron chi connectivity index (χ4n) is 1.65. The Morgan fingerprint density at radius 1 is 1.37 bits per heavy atom. The van der Waals surface area contributed by atoms with Crippen LogP contribution in [0.1, 0.15) is 12.5 Å². The van der Waals surface area contributed by atoms with E-state index < -0.39 is 10.0 Å². The van der Waals surface area contributed by atoms with Crippen molar-refractivity contribution < 1.29 is 8.42 Å². The van der Waals surface area contributed by atoms with Crippen LogP contribution < -0.4 is 5.73 Å². The van der Waals surface area contributed by atoms with E-state index in [0.717, 1.165) is 16.9 Å². The molecule has 0 saturated carbocycles. The van der Waals surface area contributed by atoms with Crippen molar-refractivity contribution in [3.63, 3.8) is 0 Å². The maximum Gasteiger partial charge on any atom is 0.252 e. The van der Waals surface area contributed by atoms with E-state index in [1.807, 2.05) is 6.92 Å². The maximum absolute atomic E-state index is 12.4. The number of nitrogens with zero attached hydrogens (tertiary/aromatic N) is 2. The Labute approximate surface area is 116 Å². The highest BCUT2D eigenvalue weighted by Gasteiger charge is 2.24. The predicted octanol–water partition coefficient (Wildman–Crippen LogP) is 1.94. The number of nitrogen functional groups attached to an aromatic ring is 1. The Balaban J connectivity index is 2.27. The van der Waals surface area contributed by atoms with E-state index in [9.17, 15) is 8.42 Å². The molecule has 0 amide bonds. The molecule has 7 heteroatoms. The summed E-state index contributed by atoms with van der Waals surface area (Å²) in [6, 6.07) is 5.11. The van der Waals surface area contributed by atoms with Crippen molar-refractivity contribution in [2.45, 2.75) is 17.7 Å². The second-order valence-electron chi connectivity index (χ2n) is 3.99. The Bertz CT molecular complexity index is 638. The molecule has 0 radical (unpaired) electrons. The first-order valence-electron chi connectivity index (χ1n) is 5.77. The monoisotopic (exact) mass is 297 g/mol. The highest BCUT2D eigenvalue weighted by molar-refractivity contribution is 7.91. The third-order valence-electron chi connectivity index (χ3n) is 2.65. The van der Waals surface area contributed by atoms with Crippen molar-refractivity contribution in [2.75, 3.05) is 12.3 Å². The molecule has 2 aromatic rings. The summed E-state index contributed by atoms with van der Waals surface area (Å²) in [6.45, 7) is 2.55. The molecular weight excluding hydrogens is 282 g/mol. The number of rotatable bonds is 5. The lowest BCUT2D eigenvalue weighted by molar-refractivity contribution is 0.424. The molecule has 0 unspecified atom stereocenters. The second kappa shape index (κ2) is 5.68. The minimum atomic E-state index is -3.48. The molecule has 0 fully saturated rings. The summed E-state index contributed by atoms with van der Waals surface area (Å²) in [5.41, 5.74) is 6.97. The summed E-state index contributed by atoms with van der Waals surface area (Å²) in [5, 5.41) is 1.63. The van der Waals surface area contributed by atoms with Gasteiger partial charge in [-0.2, -0.15) is 4.31 Å². The van der Waals surface area contributed by atoms with Crippen LogP contribution in [0.5, 0.6) is 0 Å². The van der Waals surface area contributed by atoms with Crippen LogP contribution >= 0.6 is 11.3 Å². The van der Waals surface area contributed by atoms with Crippen LogP contribution in [-0.2, 0) is 16.6 Å². The minimum absolute atomic E-state index is 0.279. The van der Waals surface area contributed by atoms with E-state index >= 15 is 0 Å². The Morgan fingerprint density at radius 3 is 2.58 bits per heavy atom. The van der Waals surface area contributed by atoms with E-state index in [2.05, 4.69) is 4.98 Å². The zero-order chi connectivity index (χ0) is 13.9. The molecule has 0 spiro atoms. The summed E-state index contributed by atoms with van der Waals surface area (Å²) >= 11 is 1.14. The van der Waals surface area contributed by atoms with Crippen LogP contribution in [0.3, 0.4) is 0 Å². The number of nitrogens with two attached hydrogens (primary N) is 1. The zero-order valence-electron chi connectivity index (χ0n) is 10.5. The number of aromatic nitrogens is 1. The standard InChI is InChI=1S/C12H15N3O2S2/c1-2-15(8-10-3-5-14-6-4-10)19(16,17)12-7-11(13)9-18-12/h3-7,9H,2,8,13H2,1H3. The molecule has 2 N–H and O–H groups in total. The summed E-state index contributed by atoms with van der Waals surface area (Å²) in [5.74, 6) is 0. The van der Waals surface area contributed by atoms with Crippen LogP contribution in [0.4, 0.5) is 5.69 Å². The summed E-state index contributed by atoms with van der Waals surface area (Å²) in [6.07, 6.45) is 3.30. The Hall–Kier alpha value is -1.44. The fraction of sp³-hybridized carbons (Fsp3) is 0.250. The first-order valence-corrected chi connectivity index (χ1v) is 8.09. The lowest BCUT2D eigenvalue weighted by atomic mass is 10.3. The molecule has 2 aromatic heterocycles. The van der Waals surface area contributed by atoms with Gasteiger partial charge in [0.25, 0.3) is 10.0 Å². The second-order valence-corrected chi connectivity index (χ2v) is 7.06. The zero-order valence-corrected chi connectivity index (χ0v) is 12.1. The third kappa shape index (κ3) is 3.12. The van der Waals surface area contributed by atoms with Crippen LogP contribution in [0.15, 0.2) is 40.2 Å². The van der Waals surface area contributed by atoms with Crippen molar-refractivity contribution in [3.05, 3.63) is 41.5 Å². The molecular formula is C12H15N3O2S2. The molecule has 2 rings (SSSR count). The highest BCUT2D eigenvalue weighted by atomic mass is 32.2. The quantitative estimate of drug-likeness (QED) is 0.915. The molecule has 0 aliphatic heterocycles. The number of pyridine rings is 1. The Morgan fingerprint density at radius 2 is 2.05 bits per heavy atom. The van der Waals surface area contributed by atoms with Crippen molar-refractivity contribution in [1.82, 2.24) is 9.29 Å². The van der Waals surface area contributed by atoms with Crippen molar-refractivity contribution in [1.29, 1.82) is 0 Å². The van der Waals surface area contributed by atoms with Crippen molar-refractivity contribution >= 4 is 27.0 Å². The van der Waals surface area contributed by atoms with E-state index in [1.165, 1.54) is 10.4 Å². The normalized spacial score (nSPS) is 11.9. The molecule has 5 nitrogen and oxygen atoms in total. The van der Waals surface area contributed by atoms with Gasteiger partial charge in [0, 0.05) is 36.6 Å². The smallest absolute Gasteiger partial charge is 0.252 e. The SMILES string of the molecule is CCN(Cc1ccncc1)S(=O)(=O)c1cc(N)cs1. The highest BCUT2D eigenvalue weighted by Crippen LogP contribution is 2.25. The molecule has 0 saturated heterocycles. The van der Waals surface area contributed by atoms with E-state index in [4.69, 9.17) is 5.73 Å². The van der Waals surface area contributed by atoms with Crippen LogP contribution in [0, 0.1) is 0 Å². The molecule has 0 aliphatic carbocycles. The average molecular weight is 297 g/mol. The largest absolute Gasteiger partial charge is 0.398 e. The maximum atomic E-state index is 12.4. The van der Waals surface area contributed by atoms with Gasteiger partial charge in [-0.25, -0.2) is 8.42 Å². The van der Waals surface area contributed by atoms with E-state index in [1.54, 1.807) is 29.9 Å². The van der Waals surface area contributed by atoms with Gasteiger partial charge in [0.1, 0.15) is 4.21 Å². The van der Waals surface area contributed by atoms with Gasteiger partial charge in [0.2, 0.25) is 0 Å². The fourth-order valence-corrected chi connectivity index (χ4v) is 4.32. The van der Waals surface area contributed by atoms with Gasteiger partial charge in [0.15, 0.2) is 0 Å². The first kappa shape index (κ1) is 14.0. The van der Waals surface area contributed by atoms with Gasteiger partial charge in [-0.15, -0.1) is 11.3 Å². The predicted molar refractivity (Wildman–Crippen MR) is 76.2 cm³/mol. The summed E-state index contributed by atoms with van der Waals surface area (Å²) in [7, 11) is -3.48. The van der Waals surface area contributed by atoms with Gasteiger partial charge >= 0.3 is 0 Å². The number of sulfonamides is 1. The number of hydrogen-bond donors (Lipinski definition) is 1. The molecule has 0 bridgehead atoms. The third-order valence-corrected chi connectivity index (χ3v) is 6.00. The lowest BCUT2D eigenvalue weighted by Crippen LogP contribution is -2.29. The first-order chi connectivity index (χ1) is 9.04.